The quantitative estimate of drug-likeness (QED) is 0.128. The van der Waals surface area contributed by atoms with Gasteiger partial charge in [0.15, 0.2) is 11.5 Å². The number of benzene rings is 3. The molecule has 0 unspecified atom stereocenters. The van der Waals surface area contributed by atoms with Gasteiger partial charge in [0.25, 0.3) is 16.8 Å². The number of ether oxygens (including phenoxy) is 2. The first-order valence-corrected chi connectivity index (χ1v) is 12.2. The van der Waals surface area contributed by atoms with Crippen LogP contribution >= 0.6 is 23.4 Å². The number of nitrogens with zero attached hydrogens (tertiary/aromatic N) is 2. The molecule has 1 saturated heterocycles. The molecule has 2 amide bonds. The van der Waals surface area contributed by atoms with Crippen LogP contribution in [0.25, 0.3) is 6.08 Å². The molecule has 1 aliphatic rings. The Hall–Kier alpha value is -4.08. The molecular weight excluding hydrogens is 516 g/mol. The lowest BCUT2D eigenvalue weighted by Crippen LogP contribution is -2.27. The summed E-state index contributed by atoms with van der Waals surface area (Å²) in [4.78, 5) is 37.6. The van der Waals surface area contributed by atoms with Crippen molar-refractivity contribution in [3.8, 4) is 11.5 Å². The molecule has 1 fully saturated rings. The minimum absolute atomic E-state index is 0.0264. The number of amides is 2. The van der Waals surface area contributed by atoms with E-state index in [1.807, 2.05) is 6.07 Å². The van der Waals surface area contributed by atoms with Gasteiger partial charge in [0, 0.05) is 22.7 Å². The topological polar surface area (TPSA) is 99.0 Å². The van der Waals surface area contributed by atoms with E-state index < -0.39 is 16.1 Å². The fourth-order valence-electron chi connectivity index (χ4n) is 3.76. The van der Waals surface area contributed by atoms with Crippen LogP contribution in [0.3, 0.4) is 0 Å². The van der Waals surface area contributed by atoms with Crippen LogP contribution in [-0.4, -0.2) is 23.2 Å². The van der Waals surface area contributed by atoms with Gasteiger partial charge in [-0.25, -0.2) is 4.90 Å². The first kappa shape index (κ1) is 26.0. The fraction of sp³-hybridized carbons (Fsp3) is 0.111. The smallest absolute Gasteiger partial charge is 0.298 e. The maximum atomic E-state index is 13.1. The van der Waals surface area contributed by atoms with Crippen molar-refractivity contribution in [3.63, 3.8) is 0 Å². The van der Waals surface area contributed by atoms with Crippen molar-refractivity contribution in [2.75, 3.05) is 12.0 Å². The predicted molar refractivity (Wildman–Crippen MR) is 144 cm³/mol. The van der Waals surface area contributed by atoms with Gasteiger partial charge in [0.2, 0.25) is 0 Å². The number of halogens is 1. The largest absolute Gasteiger partial charge is 0.493 e. The molecule has 37 heavy (non-hydrogen) atoms. The summed E-state index contributed by atoms with van der Waals surface area (Å²) in [7, 11) is 1.49. The zero-order valence-electron chi connectivity index (χ0n) is 19.7. The van der Waals surface area contributed by atoms with Crippen molar-refractivity contribution in [2.45, 2.75) is 13.0 Å². The molecule has 0 radical (unpaired) electrons. The Bertz CT molecular complexity index is 1440. The summed E-state index contributed by atoms with van der Waals surface area (Å²) >= 11 is 6.87. The summed E-state index contributed by atoms with van der Waals surface area (Å²) in [6.45, 7) is 3.88. The summed E-state index contributed by atoms with van der Waals surface area (Å²) < 4.78 is 11.6. The average Bonchev–Trinajstić information content (AvgIpc) is 3.15. The molecule has 0 aliphatic carbocycles. The van der Waals surface area contributed by atoms with Crippen molar-refractivity contribution in [3.05, 3.63) is 110 Å². The van der Waals surface area contributed by atoms with Crippen LogP contribution in [0.2, 0.25) is 5.02 Å². The van der Waals surface area contributed by atoms with E-state index in [0.29, 0.717) is 39.8 Å². The zero-order chi connectivity index (χ0) is 26.5. The molecule has 4 rings (SSSR count). The normalized spacial score (nSPS) is 14.2. The lowest BCUT2D eigenvalue weighted by molar-refractivity contribution is -0.384. The number of rotatable bonds is 9. The number of carbonyl (C=O) groups excluding carboxylic acids is 2. The molecule has 0 atom stereocenters. The van der Waals surface area contributed by atoms with Crippen molar-refractivity contribution in [2.24, 2.45) is 0 Å². The van der Waals surface area contributed by atoms with Gasteiger partial charge >= 0.3 is 0 Å². The fourth-order valence-corrected chi connectivity index (χ4v) is 4.79. The number of allylic oxidation sites excluding steroid dienone is 1. The number of anilines is 1. The van der Waals surface area contributed by atoms with E-state index in [0.717, 1.165) is 22.2 Å². The van der Waals surface area contributed by atoms with Crippen molar-refractivity contribution >= 4 is 52.0 Å². The maximum Gasteiger partial charge on any atom is 0.298 e. The second-order valence-corrected chi connectivity index (χ2v) is 9.35. The zero-order valence-corrected chi connectivity index (χ0v) is 21.3. The third-order valence-electron chi connectivity index (χ3n) is 5.40. The van der Waals surface area contributed by atoms with Gasteiger partial charge in [0.05, 0.1) is 22.6 Å². The van der Waals surface area contributed by atoms with E-state index in [1.165, 1.54) is 19.2 Å². The van der Waals surface area contributed by atoms with Gasteiger partial charge in [-0.05, 0) is 65.7 Å². The maximum absolute atomic E-state index is 13.1. The molecule has 10 heteroatoms. The van der Waals surface area contributed by atoms with Crippen LogP contribution in [0.5, 0.6) is 11.5 Å². The number of hydrogen-bond acceptors (Lipinski definition) is 7. The van der Waals surface area contributed by atoms with E-state index in [1.54, 1.807) is 54.6 Å². The van der Waals surface area contributed by atoms with Gasteiger partial charge in [-0.1, -0.05) is 35.9 Å². The monoisotopic (exact) mass is 536 g/mol. The first-order chi connectivity index (χ1) is 17.8. The van der Waals surface area contributed by atoms with Gasteiger partial charge in [-0.2, -0.15) is 0 Å². The molecule has 0 aromatic heterocycles. The Kier molecular flexibility index (Phi) is 7.95. The lowest BCUT2D eigenvalue weighted by atomic mass is 10.0. The van der Waals surface area contributed by atoms with Crippen molar-refractivity contribution in [1.82, 2.24) is 0 Å². The SMILES string of the molecule is C=CCc1cc(/C=C2/SC(=O)N(c3cccc(Cl)c3)C2=O)cc(OC)c1OCc1cccc([N+](=O)[O-])c1. The highest BCUT2D eigenvalue weighted by Gasteiger charge is 2.36. The van der Waals surface area contributed by atoms with E-state index in [4.69, 9.17) is 21.1 Å². The molecule has 3 aromatic rings. The van der Waals surface area contributed by atoms with E-state index >= 15 is 0 Å². The van der Waals surface area contributed by atoms with E-state index in [9.17, 15) is 19.7 Å². The van der Waals surface area contributed by atoms with E-state index in [2.05, 4.69) is 6.58 Å². The molecule has 0 N–H and O–H groups in total. The van der Waals surface area contributed by atoms with E-state index in [-0.39, 0.29) is 17.2 Å². The number of hydrogen-bond donors (Lipinski definition) is 0. The van der Waals surface area contributed by atoms with Crippen molar-refractivity contribution in [1.29, 1.82) is 0 Å². The first-order valence-electron chi connectivity index (χ1n) is 11.0. The minimum Gasteiger partial charge on any atom is -0.493 e. The Balaban J connectivity index is 1.63. The van der Waals surface area contributed by atoms with Crippen LogP contribution in [0.1, 0.15) is 16.7 Å². The van der Waals surface area contributed by atoms with Crippen LogP contribution in [0, 0.1) is 10.1 Å². The third-order valence-corrected chi connectivity index (χ3v) is 6.51. The average molecular weight is 537 g/mol. The number of non-ortho nitro benzene ring substituents is 1. The molecule has 8 nitrogen and oxygen atoms in total. The number of thioether (sulfide) groups is 1. The van der Waals surface area contributed by atoms with Gasteiger partial charge in [-0.3, -0.25) is 19.7 Å². The summed E-state index contributed by atoms with van der Waals surface area (Å²) in [6, 6.07) is 16.2. The Labute approximate surface area is 222 Å². The van der Waals surface area contributed by atoms with Gasteiger partial charge in [-0.15, -0.1) is 6.58 Å². The lowest BCUT2D eigenvalue weighted by Gasteiger charge is -2.16. The molecule has 0 bridgehead atoms. The molecule has 3 aromatic carbocycles. The Morgan fingerprint density at radius 2 is 1.92 bits per heavy atom. The van der Waals surface area contributed by atoms with Crippen LogP contribution in [0.4, 0.5) is 16.2 Å². The summed E-state index contributed by atoms with van der Waals surface area (Å²) in [5.41, 5.74) is 2.36. The molecule has 1 heterocycles. The standard InChI is InChI=1S/C27H21ClN2O6S/c1-3-6-19-11-18(14-24-26(31)29(27(32)37-24)21-9-5-8-20(28)15-21)13-23(35-2)25(19)36-16-17-7-4-10-22(12-17)30(33)34/h3-5,7-15H,1,6,16H2,2H3/b24-14+. The van der Waals surface area contributed by atoms with Gasteiger partial charge in [0.1, 0.15) is 6.61 Å². The molecule has 0 spiro atoms. The highest BCUT2D eigenvalue weighted by Crippen LogP contribution is 2.39. The summed E-state index contributed by atoms with van der Waals surface area (Å²) in [6.07, 6.45) is 3.76. The minimum atomic E-state index is -0.462. The molecule has 188 valence electrons. The predicted octanol–water partition coefficient (Wildman–Crippen LogP) is 6.81. The van der Waals surface area contributed by atoms with Crippen LogP contribution in [-0.2, 0) is 17.8 Å². The summed E-state index contributed by atoms with van der Waals surface area (Å²) in [5, 5.41) is 11.1. The molecular formula is C27H21ClN2O6S. The number of methoxy groups -OCH3 is 1. The molecule has 0 saturated carbocycles. The number of nitro benzene ring substituents is 1. The van der Waals surface area contributed by atoms with Crippen molar-refractivity contribution < 1.29 is 24.0 Å². The number of imide groups is 1. The molecule has 1 aliphatic heterocycles. The number of nitro groups is 1. The second kappa shape index (κ2) is 11.3. The van der Waals surface area contributed by atoms with Crippen LogP contribution < -0.4 is 14.4 Å². The Morgan fingerprint density at radius 3 is 2.62 bits per heavy atom. The highest BCUT2D eigenvalue weighted by atomic mass is 35.5. The number of carbonyl (C=O) groups is 2. The van der Waals surface area contributed by atoms with Crippen LogP contribution in [0.15, 0.2) is 78.2 Å². The summed E-state index contributed by atoms with van der Waals surface area (Å²) in [5.74, 6) is 0.413. The highest BCUT2D eigenvalue weighted by molar-refractivity contribution is 8.19. The third kappa shape index (κ3) is 5.84. The van der Waals surface area contributed by atoms with Gasteiger partial charge < -0.3 is 9.47 Å². The Morgan fingerprint density at radius 1 is 1.14 bits per heavy atom. The second-order valence-electron chi connectivity index (χ2n) is 7.92.